The van der Waals surface area contributed by atoms with Gasteiger partial charge >= 0.3 is 0 Å². The minimum absolute atomic E-state index is 0.0313. The van der Waals surface area contributed by atoms with E-state index < -0.39 is 0 Å². The van der Waals surface area contributed by atoms with Crippen molar-refractivity contribution in [3.8, 4) is 16.8 Å². The normalized spacial score (nSPS) is 11.8. The third kappa shape index (κ3) is 3.26. The first-order chi connectivity index (χ1) is 9.61. The van der Waals surface area contributed by atoms with Gasteiger partial charge in [-0.2, -0.15) is 5.26 Å². The number of allylic oxidation sites excluding steroid dienone is 2. The summed E-state index contributed by atoms with van der Waals surface area (Å²) in [6.07, 6.45) is 0. The fraction of sp³-hybridized carbons (Fsp3) is 0.167. The summed E-state index contributed by atoms with van der Waals surface area (Å²) in [6.45, 7) is 1.52. The lowest BCUT2D eigenvalue weighted by atomic mass is 10.2. The molecule has 20 heavy (non-hydrogen) atoms. The van der Waals surface area contributed by atoms with Gasteiger partial charge in [0.2, 0.25) is 0 Å². The lowest BCUT2D eigenvalue weighted by Crippen LogP contribution is -2.10. The van der Waals surface area contributed by atoms with Crippen molar-refractivity contribution >= 4 is 28.9 Å². The summed E-state index contributed by atoms with van der Waals surface area (Å²) >= 11 is 2.57. The predicted octanol–water partition coefficient (Wildman–Crippen LogP) is 2.22. The molecule has 2 rings (SSSR count). The zero-order valence-corrected chi connectivity index (χ0v) is 12.1. The van der Waals surface area contributed by atoms with E-state index in [-0.39, 0.29) is 28.0 Å². The van der Waals surface area contributed by atoms with E-state index in [4.69, 9.17) is 15.4 Å². The van der Waals surface area contributed by atoms with Crippen molar-refractivity contribution in [2.45, 2.75) is 12.1 Å². The van der Waals surface area contributed by atoms with E-state index in [1.807, 2.05) is 17.5 Å². The number of carbonyl (C=O) groups is 1. The average molecular weight is 306 g/mol. The SMILES string of the molecule is C/C(N)=C(/C#N)C(=O)CSc1nnc(-c2cccs2)o1. The summed E-state index contributed by atoms with van der Waals surface area (Å²) in [5.74, 6) is 0.0955. The molecule has 2 N–H and O–H groups in total. The standard InChI is InChI=1S/C12H10N4O2S2/c1-7(14)8(5-13)9(17)6-20-12-16-15-11(18-12)10-3-2-4-19-10/h2-4H,6,14H2,1H3/b8-7+. The van der Waals surface area contributed by atoms with Crippen LogP contribution in [0, 0.1) is 11.3 Å². The molecule has 0 saturated carbocycles. The number of nitriles is 1. The van der Waals surface area contributed by atoms with E-state index in [1.54, 1.807) is 6.07 Å². The second-order valence-corrected chi connectivity index (χ2v) is 5.61. The van der Waals surface area contributed by atoms with Gasteiger partial charge in [0.05, 0.1) is 10.6 Å². The Hall–Kier alpha value is -2.11. The van der Waals surface area contributed by atoms with E-state index in [1.165, 1.54) is 18.3 Å². The van der Waals surface area contributed by atoms with E-state index in [0.717, 1.165) is 16.6 Å². The first kappa shape index (κ1) is 14.3. The summed E-state index contributed by atoms with van der Waals surface area (Å²) < 4.78 is 5.42. The Labute approximate surface area is 123 Å². The summed E-state index contributed by atoms with van der Waals surface area (Å²) in [5, 5.41) is 18.8. The van der Waals surface area contributed by atoms with Crippen LogP contribution in [0.25, 0.3) is 10.8 Å². The van der Waals surface area contributed by atoms with Crippen molar-refractivity contribution in [3.63, 3.8) is 0 Å². The number of nitrogens with two attached hydrogens (primary N) is 1. The van der Waals surface area contributed by atoms with Gasteiger partial charge in [-0.25, -0.2) is 0 Å². The molecule has 0 aliphatic heterocycles. The highest BCUT2D eigenvalue weighted by molar-refractivity contribution is 7.99. The van der Waals surface area contributed by atoms with Gasteiger partial charge in [0.1, 0.15) is 11.6 Å². The maximum absolute atomic E-state index is 11.8. The molecule has 0 radical (unpaired) electrons. The molecule has 0 bridgehead atoms. The van der Waals surface area contributed by atoms with Crippen LogP contribution in [0.5, 0.6) is 0 Å². The van der Waals surface area contributed by atoms with Crippen LogP contribution in [-0.4, -0.2) is 21.7 Å². The molecule has 0 atom stereocenters. The minimum Gasteiger partial charge on any atom is -0.410 e. The van der Waals surface area contributed by atoms with Crippen molar-refractivity contribution in [3.05, 3.63) is 28.8 Å². The van der Waals surface area contributed by atoms with E-state index in [0.29, 0.717) is 5.89 Å². The monoisotopic (exact) mass is 306 g/mol. The molecule has 0 aliphatic rings. The van der Waals surface area contributed by atoms with Crippen molar-refractivity contribution in [2.24, 2.45) is 5.73 Å². The first-order valence-corrected chi connectivity index (χ1v) is 7.38. The van der Waals surface area contributed by atoms with Crippen LogP contribution >= 0.6 is 23.1 Å². The maximum Gasteiger partial charge on any atom is 0.277 e. The molecule has 0 amide bonds. The highest BCUT2D eigenvalue weighted by Gasteiger charge is 2.15. The van der Waals surface area contributed by atoms with Crippen LogP contribution in [0.1, 0.15) is 6.92 Å². The number of ketones is 1. The fourth-order valence-corrected chi connectivity index (χ4v) is 2.62. The van der Waals surface area contributed by atoms with Crippen molar-refractivity contribution in [1.29, 1.82) is 5.26 Å². The maximum atomic E-state index is 11.8. The lowest BCUT2D eigenvalue weighted by Gasteiger charge is -1.98. The third-order valence-electron chi connectivity index (χ3n) is 2.25. The van der Waals surface area contributed by atoms with Crippen LogP contribution in [0.15, 0.2) is 38.4 Å². The third-order valence-corrected chi connectivity index (χ3v) is 3.93. The molecular weight excluding hydrogens is 296 g/mol. The molecule has 0 fully saturated rings. The smallest absolute Gasteiger partial charge is 0.277 e. The highest BCUT2D eigenvalue weighted by Crippen LogP contribution is 2.26. The number of rotatable bonds is 5. The summed E-state index contributed by atoms with van der Waals surface area (Å²) in [4.78, 5) is 12.6. The minimum atomic E-state index is -0.353. The van der Waals surface area contributed by atoms with Gasteiger partial charge in [-0.15, -0.1) is 21.5 Å². The molecule has 0 aromatic carbocycles. The number of carbonyl (C=O) groups excluding carboxylic acids is 1. The molecule has 0 unspecified atom stereocenters. The van der Waals surface area contributed by atoms with Gasteiger partial charge in [-0.1, -0.05) is 17.8 Å². The Balaban J connectivity index is 2.01. The average Bonchev–Trinajstić information content (AvgIpc) is 3.07. The van der Waals surface area contributed by atoms with Crippen molar-refractivity contribution in [2.75, 3.05) is 5.75 Å². The molecule has 0 spiro atoms. The number of thioether (sulfide) groups is 1. The molecule has 8 heteroatoms. The van der Waals surface area contributed by atoms with Gasteiger partial charge in [0.25, 0.3) is 11.1 Å². The number of Topliss-reactive ketones (excluding diaryl/α,β-unsaturated/α-hetero) is 1. The topological polar surface area (TPSA) is 106 Å². The number of hydrogen-bond donors (Lipinski definition) is 1. The molecule has 102 valence electrons. The van der Waals surface area contributed by atoms with Crippen LogP contribution in [0.2, 0.25) is 0 Å². The fourth-order valence-electron chi connectivity index (χ4n) is 1.34. The predicted molar refractivity (Wildman–Crippen MR) is 75.8 cm³/mol. The van der Waals surface area contributed by atoms with Crippen LogP contribution < -0.4 is 5.73 Å². The Morgan fingerprint density at radius 2 is 2.40 bits per heavy atom. The number of aromatic nitrogens is 2. The van der Waals surface area contributed by atoms with E-state index in [2.05, 4.69) is 10.2 Å². The first-order valence-electron chi connectivity index (χ1n) is 5.51. The second kappa shape index (κ2) is 6.36. The van der Waals surface area contributed by atoms with Gasteiger partial charge in [0, 0.05) is 5.70 Å². The van der Waals surface area contributed by atoms with Crippen LogP contribution in [0.3, 0.4) is 0 Å². The molecule has 0 saturated heterocycles. The number of thiophene rings is 1. The zero-order valence-electron chi connectivity index (χ0n) is 10.5. The Morgan fingerprint density at radius 1 is 1.60 bits per heavy atom. The molecule has 6 nitrogen and oxygen atoms in total. The van der Waals surface area contributed by atoms with Crippen LogP contribution in [0.4, 0.5) is 0 Å². The zero-order chi connectivity index (χ0) is 14.5. The lowest BCUT2D eigenvalue weighted by molar-refractivity contribution is -0.112. The number of hydrogen-bond acceptors (Lipinski definition) is 8. The molecular formula is C12H10N4O2S2. The second-order valence-electron chi connectivity index (χ2n) is 3.73. The Morgan fingerprint density at radius 3 is 3.00 bits per heavy atom. The van der Waals surface area contributed by atoms with Gasteiger partial charge < -0.3 is 10.2 Å². The quantitative estimate of drug-likeness (QED) is 0.512. The van der Waals surface area contributed by atoms with Gasteiger partial charge in [-0.05, 0) is 18.4 Å². The summed E-state index contributed by atoms with van der Waals surface area (Å²) in [7, 11) is 0. The van der Waals surface area contributed by atoms with Gasteiger partial charge in [0.15, 0.2) is 5.78 Å². The Kier molecular flexibility index (Phi) is 4.55. The number of nitrogens with zero attached hydrogens (tertiary/aromatic N) is 3. The summed E-state index contributed by atoms with van der Waals surface area (Å²) in [6, 6.07) is 5.54. The largest absolute Gasteiger partial charge is 0.410 e. The Bertz CT molecular complexity index is 679. The van der Waals surface area contributed by atoms with Crippen molar-refractivity contribution in [1.82, 2.24) is 10.2 Å². The van der Waals surface area contributed by atoms with E-state index >= 15 is 0 Å². The highest BCUT2D eigenvalue weighted by atomic mass is 32.2. The molecule has 2 aromatic heterocycles. The molecule has 2 aromatic rings. The molecule has 0 aliphatic carbocycles. The van der Waals surface area contributed by atoms with E-state index in [9.17, 15) is 4.79 Å². The van der Waals surface area contributed by atoms with Gasteiger partial charge in [-0.3, -0.25) is 4.79 Å². The summed E-state index contributed by atoms with van der Waals surface area (Å²) in [5.41, 5.74) is 5.64. The van der Waals surface area contributed by atoms with Crippen LogP contribution in [-0.2, 0) is 4.79 Å². The molecule has 2 heterocycles. The van der Waals surface area contributed by atoms with Crippen molar-refractivity contribution < 1.29 is 9.21 Å².